The summed E-state index contributed by atoms with van der Waals surface area (Å²) in [6, 6.07) is 10.3. The number of aromatic nitrogens is 2. The van der Waals surface area contributed by atoms with Crippen molar-refractivity contribution >= 4 is 17.5 Å². The molecule has 0 fully saturated rings. The normalized spacial score (nSPS) is 12.8. The van der Waals surface area contributed by atoms with Crippen molar-refractivity contribution in [2.24, 2.45) is 0 Å². The molecule has 3 N–H and O–H groups in total. The summed E-state index contributed by atoms with van der Waals surface area (Å²) in [5, 5.41) is 15.0. The number of rotatable bonds is 7. The van der Waals surface area contributed by atoms with E-state index in [0.29, 0.717) is 5.69 Å². The summed E-state index contributed by atoms with van der Waals surface area (Å²) >= 11 is 0. The van der Waals surface area contributed by atoms with Crippen LogP contribution in [-0.4, -0.2) is 34.1 Å². The van der Waals surface area contributed by atoms with Gasteiger partial charge in [-0.3, -0.25) is 0 Å². The molecule has 0 spiro atoms. The monoisotopic (exact) mass is 472 g/mol. The van der Waals surface area contributed by atoms with Gasteiger partial charge in [0.05, 0.1) is 17.9 Å². The van der Waals surface area contributed by atoms with Crippen LogP contribution in [0.25, 0.3) is 11.3 Å². The zero-order valence-corrected chi connectivity index (χ0v) is 17.0. The molecule has 176 valence electrons. The first-order chi connectivity index (χ1) is 15.4. The van der Waals surface area contributed by atoms with Crippen LogP contribution < -0.4 is 15.4 Å². The first-order valence-corrected chi connectivity index (χ1v) is 9.50. The number of anilines is 3. The molecule has 33 heavy (non-hydrogen) atoms. The number of ether oxygens (including phenoxy) is 1. The standard InChI is InChI=1S/C21H18F6N4O2/c1-12(11-32)28-19-30-17(13-3-2-4-16(9-13)33-21(25,26)27)10-18(31-19)29-15-7-5-14(6-8-15)20(22,23)24/h2-10,12,32H,11H2,1H3,(H2,28,29,30,31)/t12-/m1/s1. The van der Waals surface area contributed by atoms with Crippen molar-refractivity contribution in [1.82, 2.24) is 9.97 Å². The number of halogens is 6. The Balaban J connectivity index is 1.95. The minimum absolute atomic E-state index is 0.0469. The first-order valence-electron chi connectivity index (χ1n) is 9.50. The summed E-state index contributed by atoms with van der Waals surface area (Å²) in [5.74, 6) is -0.241. The smallest absolute Gasteiger partial charge is 0.406 e. The van der Waals surface area contributed by atoms with Gasteiger partial charge < -0.3 is 20.5 Å². The highest BCUT2D eigenvalue weighted by molar-refractivity contribution is 5.68. The van der Waals surface area contributed by atoms with Crippen LogP contribution in [0, 0.1) is 0 Å². The summed E-state index contributed by atoms with van der Waals surface area (Å²) < 4.78 is 80.0. The molecule has 0 aliphatic carbocycles. The molecule has 0 radical (unpaired) electrons. The lowest BCUT2D eigenvalue weighted by Gasteiger charge is -2.15. The number of aliphatic hydroxyl groups is 1. The summed E-state index contributed by atoms with van der Waals surface area (Å²) in [6.45, 7) is 1.40. The molecule has 0 aliphatic heterocycles. The molecule has 12 heteroatoms. The van der Waals surface area contributed by atoms with Crippen molar-refractivity contribution in [2.75, 3.05) is 17.2 Å². The molecule has 0 amide bonds. The average molecular weight is 472 g/mol. The second-order valence-electron chi connectivity index (χ2n) is 6.97. The highest BCUT2D eigenvalue weighted by Crippen LogP contribution is 2.32. The summed E-state index contributed by atoms with van der Waals surface area (Å²) in [5.41, 5.74) is -0.0472. The van der Waals surface area contributed by atoms with Crippen molar-refractivity contribution in [3.05, 3.63) is 60.2 Å². The molecular weight excluding hydrogens is 454 g/mol. The van der Waals surface area contributed by atoms with E-state index < -0.39 is 29.9 Å². The van der Waals surface area contributed by atoms with Gasteiger partial charge in [-0.05, 0) is 43.3 Å². The van der Waals surface area contributed by atoms with Crippen LogP contribution in [0.3, 0.4) is 0 Å². The maximum atomic E-state index is 12.8. The maximum Gasteiger partial charge on any atom is 0.573 e. The van der Waals surface area contributed by atoms with Crippen molar-refractivity contribution in [1.29, 1.82) is 0 Å². The summed E-state index contributed by atoms with van der Waals surface area (Å²) in [6.07, 6.45) is -9.36. The van der Waals surface area contributed by atoms with E-state index in [1.165, 1.54) is 30.3 Å². The molecule has 6 nitrogen and oxygen atoms in total. The fraction of sp³-hybridized carbons (Fsp3) is 0.238. The highest BCUT2D eigenvalue weighted by atomic mass is 19.4. The fourth-order valence-corrected chi connectivity index (χ4v) is 2.73. The Morgan fingerprint density at radius 3 is 2.27 bits per heavy atom. The van der Waals surface area contributed by atoms with E-state index in [9.17, 15) is 31.4 Å². The molecule has 1 heterocycles. The molecule has 2 aromatic carbocycles. The number of hydrogen-bond acceptors (Lipinski definition) is 6. The Kier molecular flexibility index (Phi) is 6.96. The van der Waals surface area contributed by atoms with Crippen molar-refractivity contribution in [3.8, 4) is 17.0 Å². The molecule has 0 aliphatic rings. The van der Waals surface area contributed by atoms with E-state index in [4.69, 9.17) is 0 Å². The van der Waals surface area contributed by atoms with Gasteiger partial charge in [-0.1, -0.05) is 12.1 Å². The molecule has 3 aromatic rings. The minimum atomic E-state index is -4.87. The predicted octanol–water partition coefficient (Wildman–Crippen LogP) is 5.60. The number of aliphatic hydroxyl groups excluding tert-OH is 1. The van der Waals surface area contributed by atoms with Gasteiger partial charge in [0.1, 0.15) is 11.6 Å². The fourth-order valence-electron chi connectivity index (χ4n) is 2.73. The van der Waals surface area contributed by atoms with Crippen LogP contribution in [-0.2, 0) is 6.18 Å². The molecule has 1 atom stereocenters. The lowest BCUT2D eigenvalue weighted by Crippen LogP contribution is -2.21. The Morgan fingerprint density at radius 1 is 0.970 bits per heavy atom. The van der Waals surface area contributed by atoms with E-state index in [1.807, 2.05) is 0 Å². The van der Waals surface area contributed by atoms with Gasteiger partial charge in [-0.25, -0.2) is 4.98 Å². The third-order valence-corrected chi connectivity index (χ3v) is 4.22. The molecule has 0 saturated carbocycles. The number of nitrogens with zero attached hydrogens (tertiary/aromatic N) is 2. The number of benzene rings is 2. The van der Waals surface area contributed by atoms with E-state index in [0.717, 1.165) is 24.3 Å². The third kappa shape index (κ3) is 6.97. The van der Waals surface area contributed by atoms with E-state index >= 15 is 0 Å². The zero-order valence-electron chi connectivity index (χ0n) is 17.0. The topological polar surface area (TPSA) is 79.3 Å². The van der Waals surface area contributed by atoms with Crippen LogP contribution in [0.2, 0.25) is 0 Å². The number of hydrogen-bond donors (Lipinski definition) is 3. The van der Waals surface area contributed by atoms with E-state index in [1.54, 1.807) is 6.92 Å². The second-order valence-corrected chi connectivity index (χ2v) is 6.97. The molecule has 0 saturated heterocycles. The third-order valence-electron chi connectivity index (χ3n) is 4.22. The molecule has 1 aromatic heterocycles. The van der Waals surface area contributed by atoms with Crippen LogP contribution in [0.5, 0.6) is 5.75 Å². The van der Waals surface area contributed by atoms with Gasteiger partial charge in [-0.15, -0.1) is 13.2 Å². The van der Waals surface area contributed by atoms with Gasteiger partial charge in [-0.2, -0.15) is 18.2 Å². The van der Waals surface area contributed by atoms with Crippen LogP contribution in [0.15, 0.2) is 54.6 Å². The zero-order chi connectivity index (χ0) is 24.2. The largest absolute Gasteiger partial charge is 0.573 e. The molecular formula is C21H18F6N4O2. The molecule has 0 bridgehead atoms. The Hall–Kier alpha value is -3.54. The van der Waals surface area contributed by atoms with E-state index in [2.05, 4.69) is 25.3 Å². The SMILES string of the molecule is C[C@H](CO)Nc1nc(Nc2ccc(C(F)(F)F)cc2)cc(-c2cccc(OC(F)(F)F)c2)n1. The predicted molar refractivity (Wildman–Crippen MR) is 109 cm³/mol. The van der Waals surface area contributed by atoms with Crippen LogP contribution in [0.1, 0.15) is 12.5 Å². The maximum absolute atomic E-state index is 12.8. The Bertz CT molecular complexity index is 1090. The van der Waals surface area contributed by atoms with E-state index in [-0.39, 0.29) is 29.6 Å². The van der Waals surface area contributed by atoms with Crippen molar-refractivity contribution < 1.29 is 36.2 Å². The summed E-state index contributed by atoms with van der Waals surface area (Å²) in [4.78, 5) is 8.48. The Labute approximate surface area is 184 Å². The quantitative estimate of drug-likeness (QED) is 0.389. The Morgan fingerprint density at radius 2 is 1.67 bits per heavy atom. The van der Waals surface area contributed by atoms with Gasteiger partial charge in [0.15, 0.2) is 0 Å². The van der Waals surface area contributed by atoms with Crippen LogP contribution >= 0.6 is 0 Å². The van der Waals surface area contributed by atoms with Gasteiger partial charge in [0.2, 0.25) is 5.95 Å². The van der Waals surface area contributed by atoms with Gasteiger partial charge in [0.25, 0.3) is 0 Å². The van der Waals surface area contributed by atoms with Crippen molar-refractivity contribution in [2.45, 2.75) is 25.5 Å². The average Bonchev–Trinajstić information content (AvgIpc) is 2.72. The van der Waals surface area contributed by atoms with Crippen molar-refractivity contribution in [3.63, 3.8) is 0 Å². The lowest BCUT2D eigenvalue weighted by atomic mass is 10.1. The highest BCUT2D eigenvalue weighted by Gasteiger charge is 2.31. The van der Waals surface area contributed by atoms with Crippen LogP contribution in [0.4, 0.5) is 43.8 Å². The molecule has 3 rings (SSSR count). The second kappa shape index (κ2) is 9.53. The molecule has 0 unspecified atom stereocenters. The number of nitrogens with one attached hydrogen (secondary N) is 2. The first kappa shape index (κ1) is 24.1. The summed E-state index contributed by atoms with van der Waals surface area (Å²) in [7, 11) is 0. The number of alkyl halides is 6. The lowest BCUT2D eigenvalue weighted by molar-refractivity contribution is -0.274. The van der Waals surface area contributed by atoms with Gasteiger partial charge >= 0.3 is 12.5 Å². The van der Waals surface area contributed by atoms with Gasteiger partial charge in [0, 0.05) is 23.4 Å². The minimum Gasteiger partial charge on any atom is -0.406 e.